The zero-order chi connectivity index (χ0) is 21.1. The Bertz CT molecular complexity index is 390. The number of hydrogen-bond donors (Lipinski definition) is 0. The summed E-state index contributed by atoms with van der Waals surface area (Å²) in [5, 5.41) is 0. The molecule has 0 fully saturated rings. The predicted molar refractivity (Wildman–Crippen MR) is 138 cm³/mol. The van der Waals surface area contributed by atoms with Gasteiger partial charge < -0.3 is 0 Å². The molecule has 26 heavy (non-hydrogen) atoms. The van der Waals surface area contributed by atoms with Crippen LogP contribution in [0.4, 0.5) is 4.79 Å². The quantitative estimate of drug-likeness (QED) is 0.168. The van der Waals surface area contributed by atoms with Gasteiger partial charge >= 0.3 is 0 Å². The fourth-order valence-electron chi connectivity index (χ4n) is 3.95. The molecule has 0 aromatic carbocycles. The maximum atomic E-state index is 12.8. The summed E-state index contributed by atoms with van der Waals surface area (Å²) in [6.07, 6.45) is 0. The zero-order valence-corrected chi connectivity index (χ0v) is 25.4. The SMILES string of the molecule is C[Si](C)(C)CC(C[Si](C)(C)C)P(C(=O)Cl)C(C[Si](C)(C)C)C[Si](C)(C)C. The van der Waals surface area contributed by atoms with E-state index >= 15 is 0 Å². The highest BCUT2D eigenvalue weighted by Gasteiger charge is 2.41. The first-order chi connectivity index (χ1) is 11.2. The summed E-state index contributed by atoms with van der Waals surface area (Å²) in [7, 11) is -5.70. The fourth-order valence-corrected chi connectivity index (χ4v) is 22.5. The van der Waals surface area contributed by atoms with E-state index in [2.05, 4.69) is 78.6 Å². The highest BCUT2D eigenvalue weighted by molar-refractivity contribution is 7.81. The van der Waals surface area contributed by atoms with Crippen molar-refractivity contribution in [3.8, 4) is 0 Å². The molecule has 0 atom stereocenters. The van der Waals surface area contributed by atoms with Crippen LogP contribution in [0.2, 0.25) is 103 Å². The van der Waals surface area contributed by atoms with Gasteiger partial charge in [0, 0.05) is 32.3 Å². The molecule has 0 rings (SSSR count). The molecule has 0 N–H and O–H groups in total. The fraction of sp³-hybridized carbons (Fsp3) is 0.947. The lowest BCUT2D eigenvalue weighted by Crippen LogP contribution is -2.38. The second kappa shape index (κ2) is 9.84. The molecule has 0 unspecified atom stereocenters. The van der Waals surface area contributed by atoms with E-state index in [4.69, 9.17) is 11.6 Å². The first-order valence-corrected chi connectivity index (χ1v) is 26.9. The van der Waals surface area contributed by atoms with Crippen LogP contribution in [0.15, 0.2) is 0 Å². The number of hydrogen-bond acceptors (Lipinski definition) is 1. The lowest BCUT2D eigenvalue weighted by molar-refractivity contribution is 0.275. The van der Waals surface area contributed by atoms with E-state index in [1.807, 2.05) is 0 Å². The van der Waals surface area contributed by atoms with Gasteiger partial charge in [0.1, 0.15) is 0 Å². The van der Waals surface area contributed by atoms with Crippen molar-refractivity contribution in [1.29, 1.82) is 0 Å². The van der Waals surface area contributed by atoms with Gasteiger partial charge in [-0.3, -0.25) is 4.79 Å². The van der Waals surface area contributed by atoms with Crippen LogP contribution < -0.4 is 0 Å². The zero-order valence-electron chi connectivity index (χ0n) is 19.7. The van der Waals surface area contributed by atoms with Gasteiger partial charge in [-0.05, 0) is 30.8 Å². The summed E-state index contributed by atoms with van der Waals surface area (Å²) in [5.41, 5.74) is 1.12. The number of halogens is 1. The normalized spacial score (nSPS) is 14.6. The smallest absolute Gasteiger partial charge is 0.243 e. The van der Waals surface area contributed by atoms with Crippen LogP contribution >= 0.6 is 19.5 Å². The Morgan fingerprint density at radius 1 is 0.615 bits per heavy atom. The first-order valence-electron chi connectivity index (χ1n) is 10.2. The largest absolute Gasteiger partial charge is 0.276 e. The second-order valence-corrected chi connectivity index (χ2v) is 38.4. The van der Waals surface area contributed by atoms with Crippen molar-refractivity contribution in [1.82, 2.24) is 0 Å². The third-order valence-electron chi connectivity index (χ3n) is 4.38. The van der Waals surface area contributed by atoms with Crippen molar-refractivity contribution in [2.45, 2.75) is 114 Å². The summed E-state index contributed by atoms with van der Waals surface area (Å²) in [6.45, 7) is 29.5. The molecule has 0 aliphatic heterocycles. The average Bonchev–Trinajstić information content (AvgIpc) is 2.17. The third-order valence-corrected chi connectivity index (χ3v) is 15.9. The Morgan fingerprint density at radius 3 is 0.923 bits per heavy atom. The minimum absolute atomic E-state index is 0.0306. The molecule has 0 aromatic heterocycles. The van der Waals surface area contributed by atoms with Crippen molar-refractivity contribution in [3.63, 3.8) is 0 Å². The van der Waals surface area contributed by atoms with Gasteiger partial charge in [0.25, 0.3) is 0 Å². The molecule has 0 aromatic rings. The van der Waals surface area contributed by atoms with Crippen LogP contribution in [-0.4, -0.2) is 48.6 Å². The standard InChI is InChI=1S/C19H46ClOPSi4/c1-23(2,3)13-17(14-24(4,5)6)22(19(20)21)18(15-25(7,8)9)16-26(10,11)12/h17-18H,13-16H2,1-12H3. The maximum absolute atomic E-state index is 12.8. The van der Waals surface area contributed by atoms with Crippen molar-refractivity contribution >= 4 is 56.8 Å². The Kier molecular flexibility index (Phi) is 10.3. The van der Waals surface area contributed by atoms with Gasteiger partial charge in [-0.2, -0.15) is 0 Å². The molecule has 0 heterocycles. The van der Waals surface area contributed by atoms with Crippen molar-refractivity contribution in [3.05, 3.63) is 0 Å². The lowest BCUT2D eigenvalue weighted by Gasteiger charge is -2.40. The molecule has 0 saturated heterocycles. The van der Waals surface area contributed by atoms with E-state index < -0.39 is 40.2 Å². The van der Waals surface area contributed by atoms with Crippen molar-refractivity contribution < 1.29 is 4.79 Å². The molecule has 0 amide bonds. The van der Waals surface area contributed by atoms with Crippen molar-refractivity contribution in [2.24, 2.45) is 0 Å². The predicted octanol–water partition coefficient (Wildman–Crippen LogP) is 8.92. The van der Waals surface area contributed by atoms with Gasteiger partial charge in [0.2, 0.25) is 4.98 Å². The molecule has 1 nitrogen and oxygen atoms in total. The Hall–Kier alpha value is 1.26. The van der Waals surface area contributed by atoms with Gasteiger partial charge in [-0.25, -0.2) is 0 Å². The highest BCUT2D eigenvalue weighted by Crippen LogP contribution is 2.58. The summed E-state index contributed by atoms with van der Waals surface area (Å²) >= 11 is 6.40. The molecular formula is C19H46ClOPSi4. The van der Waals surface area contributed by atoms with E-state index in [0.717, 1.165) is 0 Å². The van der Waals surface area contributed by atoms with E-state index in [9.17, 15) is 4.79 Å². The van der Waals surface area contributed by atoms with Crippen molar-refractivity contribution in [2.75, 3.05) is 0 Å². The molecule has 7 heteroatoms. The molecule has 0 saturated carbocycles. The van der Waals surface area contributed by atoms with E-state index in [1.165, 1.54) is 24.2 Å². The minimum atomic E-state index is -1.24. The van der Waals surface area contributed by atoms with Crippen LogP contribution in [0, 0.1) is 0 Å². The van der Waals surface area contributed by atoms with Gasteiger partial charge in [-0.1, -0.05) is 103 Å². The third kappa shape index (κ3) is 13.4. The summed E-state index contributed by atoms with van der Waals surface area (Å²) in [4.78, 5) is 12.9. The van der Waals surface area contributed by atoms with E-state index in [-0.39, 0.29) is 4.98 Å². The molecule has 0 bridgehead atoms. The van der Waals surface area contributed by atoms with Gasteiger partial charge in [0.05, 0.1) is 0 Å². The van der Waals surface area contributed by atoms with Gasteiger partial charge in [-0.15, -0.1) is 0 Å². The topological polar surface area (TPSA) is 17.1 Å². The summed E-state index contributed by atoms with van der Waals surface area (Å²) in [6, 6.07) is 5.09. The number of carbonyl (C=O) groups is 1. The Morgan fingerprint density at radius 2 is 0.808 bits per heavy atom. The summed E-state index contributed by atoms with van der Waals surface area (Å²) < 4.78 is 0. The van der Waals surface area contributed by atoms with Crippen LogP contribution in [0.3, 0.4) is 0 Å². The molecule has 0 aliphatic carbocycles. The Balaban J connectivity index is 5.99. The first kappa shape index (κ1) is 27.3. The molecule has 0 aliphatic rings. The Labute approximate surface area is 175 Å². The maximum Gasteiger partial charge on any atom is 0.243 e. The van der Waals surface area contributed by atoms with Crippen LogP contribution in [0.1, 0.15) is 0 Å². The average molecular weight is 469 g/mol. The number of rotatable bonds is 11. The molecule has 0 radical (unpaired) electrons. The minimum Gasteiger partial charge on any atom is -0.276 e. The lowest BCUT2D eigenvalue weighted by atomic mass is 10.5. The monoisotopic (exact) mass is 468 g/mol. The van der Waals surface area contributed by atoms with Crippen LogP contribution in [0.25, 0.3) is 0 Å². The van der Waals surface area contributed by atoms with Crippen LogP contribution in [0.5, 0.6) is 0 Å². The number of carbonyl (C=O) groups excluding carboxylic acids is 1. The summed E-state index contributed by atoms with van der Waals surface area (Å²) in [5.74, 6) is 0. The highest BCUT2D eigenvalue weighted by atomic mass is 35.5. The molecule has 156 valence electrons. The van der Waals surface area contributed by atoms with E-state index in [0.29, 0.717) is 11.3 Å². The van der Waals surface area contributed by atoms with E-state index in [1.54, 1.807) is 0 Å². The van der Waals surface area contributed by atoms with Gasteiger partial charge in [0.15, 0.2) is 0 Å². The second-order valence-electron chi connectivity index (χ2n) is 13.0. The van der Waals surface area contributed by atoms with Crippen LogP contribution in [-0.2, 0) is 0 Å². The molecule has 0 spiro atoms. The molecular weight excluding hydrogens is 423 g/mol.